The summed E-state index contributed by atoms with van der Waals surface area (Å²) < 4.78 is 0. The van der Waals surface area contributed by atoms with Gasteiger partial charge in [0.15, 0.2) is 5.17 Å². The van der Waals surface area contributed by atoms with Gasteiger partial charge in [-0.1, -0.05) is 25.6 Å². The van der Waals surface area contributed by atoms with Crippen molar-refractivity contribution in [1.29, 1.82) is 0 Å². The Bertz CT molecular complexity index is 134. The minimum Gasteiger partial charge on any atom is -0.363 e. The molecular formula is C7H14N2S. The second-order valence-corrected chi connectivity index (χ2v) is 3.88. The molecule has 0 radical (unpaired) electrons. The van der Waals surface area contributed by atoms with Crippen LogP contribution in [-0.2, 0) is 0 Å². The van der Waals surface area contributed by atoms with Crippen LogP contribution in [-0.4, -0.2) is 23.5 Å². The second kappa shape index (κ2) is 3.86. The molecule has 1 aliphatic heterocycles. The van der Waals surface area contributed by atoms with Crippen molar-refractivity contribution in [2.75, 3.05) is 13.1 Å². The van der Waals surface area contributed by atoms with Crippen LogP contribution in [0.3, 0.4) is 0 Å². The highest BCUT2D eigenvalue weighted by Crippen LogP contribution is 2.15. The van der Waals surface area contributed by atoms with Crippen molar-refractivity contribution in [2.24, 2.45) is 4.99 Å². The minimum atomic E-state index is 0.698. The predicted octanol–water partition coefficient (Wildman–Crippen LogP) is 1.48. The summed E-state index contributed by atoms with van der Waals surface area (Å²) in [6.07, 6.45) is 1.21. The molecule has 1 heterocycles. The Morgan fingerprint density at radius 1 is 1.80 bits per heavy atom. The van der Waals surface area contributed by atoms with Crippen molar-refractivity contribution >= 4 is 16.9 Å². The van der Waals surface area contributed by atoms with Crippen LogP contribution in [0.4, 0.5) is 0 Å². The van der Waals surface area contributed by atoms with Crippen LogP contribution in [0.2, 0.25) is 0 Å². The third kappa shape index (κ3) is 2.21. The van der Waals surface area contributed by atoms with Crippen molar-refractivity contribution in [3.05, 3.63) is 0 Å². The maximum absolute atomic E-state index is 4.29. The zero-order chi connectivity index (χ0) is 7.40. The van der Waals surface area contributed by atoms with Gasteiger partial charge in [-0.15, -0.1) is 0 Å². The highest BCUT2D eigenvalue weighted by molar-refractivity contribution is 8.14. The standard InChI is InChI=1S/C7H14N2S/c1-3-6(2)10-7-8-4-5-9-7/h6H,3-5H2,1-2H3,(H,8,9). The van der Waals surface area contributed by atoms with E-state index in [0.29, 0.717) is 5.25 Å². The minimum absolute atomic E-state index is 0.698. The first kappa shape index (κ1) is 7.92. The highest BCUT2D eigenvalue weighted by atomic mass is 32.2. The number of nitrogens with one attached hydrogen (secondary N) is 1. The van der Waals surface area contributed by atoms with Gasteiger partial charge in [0, 0.05) is 11.8 Å². The second-order valence-electron chi connectivity index (χ2n) is 2.45. The number of nitrogens with zero attached hydrogens (tertiary/aromatic N) is 1. The van der Waals surface area contributed by atoms with E-state index < -0.39 is 0 Å². The Kier molecular flexibility index (Phi) is 3.06. The smallest absolute Gasteiger partial charge is 0.156 e. The SMILES string of the molecule is CCC(C)SC1=NCCN1. The molecule has 10 heavy (non-hydrogen) atoms. The molecule has 58 valence electrons. The van der Waals surface area contributed by atoms with Crippen molar-refractivity contribution in [3.63, 3.8) is 0 Å². The fourth-order valence-corrected chi connectivity index (χ4v) is 1.63. The van der Waals surface area contributed by atoms with Crippen LogP contribution in [0.25, 0.3) is 0 Å². The molecule has 0 amide bonds. The van der Waals surface area contributed by atoms with Crippen molar-refractivity contribution in [3.8, 4) is 0 Å². The van der Waals surface area contributed by atoms with E-state index in [1.54, 1.807) is 0 Å². The van der Waals surface area contributed by atoms with Crippen LogP contribution < -0.4 is 5.32 Å². The van der Waals surface area contributed by atoms with E-state index in [1.807, 2.05) is 11.8 Å². The fourth-order valence-electron chi connectivity index (χ4n) is 0.729. The molecule has 1 N–H and O–H groups in total. The molecule has 0 fully saturated rings. The van der Waals surface area contributed by atoms with E-state index in [-0.39, 0.29) is 0 Å². The fraction of sp³-hybridized carbons (Fsp3) is 0.857. The van der Waals surface area contributed by atoms with Crippen LogP contribution in [0.1, 0.15) is 20.3 Å². The Morgan fingerprint density at radius 2 is 2.60 bits per heavy atom. The quantitative estimate of drug-likeness (QED) is 0.658. The topological polar surface area (TPSA) is 24.4 Å². The first-order valence-corrected chi connectivity index (χ1v) is 4.66. The van der Waals surface area contributed by atoms with Crippen molar-refractivity contribution < 1.29 is 0 Å². The number of rotatable bonds is 2. The predicted molar refractivity (Wildman–Crippen MR) is 47.6 cm³/mol. The van der Waals surface area contributed by atoms with Gasteiger partial charge in [0.2, 0.25) is 0 Å². The molecule has 0 aliphatic carbocycles. The molecule has 1 aliphatic rings. The summed E-state index contributed by atoms with van der Waals surface area (Å²) >= 11 is 1.85. The monoisotopic (exact) mass is 158 g/mol. The lowest BCUT2D eigenvalue weighted by Gasteiger charge is -2.06. The van der Waals surface area contributed by atoms with Gasteiger partial charge in [-0.05, 0) is 6.42 Å². The normalized spacial score (nSPS) is 20.0. The lowest BCUT2D eigenvalue weighted by molar-refractivity contribution is 0.909. The van der Waals surface area contributed by atoms with Gasteiger partial charge >= 0.3 is 0 Å². The molecule has 0 aromatic rings. The third-order valence-electron chi connectivity index (χ3n) is 1.53. The molecule has 0 spiro atoms. The first-order valence-electron chi connectivity index (χ1n) is 3.78. The molecule has 3 heteroatoms. The van der Waals surface area contributed by atoms with Gasteiger partial charge in [-0.2, -0.15) is 0 Å². The molecule has 1 unspecified atom stereocenters. The summed E-state index contributed by atoms with van der Waals surface area (Å²) in [4.78, 5) is 4.29. The van der Waals surface area contributed by atoms with Gasteiger partial charge < -0.3 is 5.32 Å². The van der Waals surface area contributed by atoms with Gasteiger partial charge in [0.25, 0.3) is 0 Å². The number of amidine groups is 1. The average Bonchev–Trinajstić information content (AvgIpc) is 2.40. The molecule has 1 atom stereocenters. The summed E-state index contributed by atoms with van der Waals surface area (Å²) in [6.45, 7) is 6.41. The summed E-state index contributed by atoms with van der Waals surface area (Å²) in [6, 6.07) is 0. The summed E-state index contributed by atoms with van der Waals surface area (Å²) in [5.74, 6) is 0. The van der Waals surface area contributed by atoms with Crippen LogP contribution in [0.15, 0.2) is 4.99 Å². The first-order chi connectivity index (χ1) is 4.83. The summed E-state index contributed by atoms with van der Waals surface area (Å²) in [5, 5.41) is 5.07. The van der Waals surface area contributed by atoms with Gasteiger partial charge in [0.1, 0.15) is 0 Å². The summed E-state index contributed by atoms with van der Waals surface area (Å²) in [7, 11) is 0. The summed E-state index contributed by atoms with van der Waals surface area (Å²) in [5.41, 5.74) is 0. The number of aliphatic imine (C=N–C) groups is 1. The van der Waals surface area contributed by atoms with E-state index >= 15 is 0 Å². The Morgan fingerprint density at radius 3 is 3.10 bits per heavy atom. The molecular weight excluding hydrogens is 144 g/mol. The van der Waals surface area contributed by atoms with E-state index in [1.165, 1.54) is 6.42 Å². The van der Waals surface area contributed by atoms with Crippen molar-refractivity contribution in [2.45, 2.75) is 25.5 Å². The molecule has 0 aromatic heterocycles. The largest absolute Gasteiger partial charge is 0.363 e. The maximum atomic E-state index is 4.29. The number of hydrogen-bond donors (Lipinski definition) is 1. The molecule has 0 aromatic carbocycles. The van der Waals surface area contributed by atoms with Gasteiger partial charge in [0.05, 0.1) is 6.54 Å². The van der Waals surface area contributed by atoms with E-state index in [2.05, 4.69) is 24.2 Å². The lowest BCUT2D eigenvalue weighted by Crippen LogP contribution is -2.17. The Balaban J connectivity index is 2.23. The zero-order valence-corrected chi connectivity index (χ0v) is 7.37. The van der Waals surface area contributed by atoms with Gasteiger partial charge in [-0.25, -0.2) is 0 Å². The zero-order valence-electron chi connectivity index (χ0n) is 6.55. The van der Waals surface area contributed by atoms with Crippen molar-refractivity contribution in [1.82, 2.24) is 5.32 Å². The highest BCUT2D eigenvalue weighted by Gasteiger charge is 2.08. The Hall–Kier alpha value is -0.180. The molecule has 2 nitrogen and oxygen atoms in total. The lowest BCUT2D eigenvalue weighted by atomic mass is 10.4. The van der Waals surface area contributed by atoms with E-state index in [0.717, 1.165) is 18.3 Å². The van der Waals surface area contributed by atoms with Crippen LogP contribution >= 0.6 is 11.8 Å². The molecule has 0 bridgehead atoms. The number of hydrogen-bond acceptors (Lipinski definition) is 3. The van der Waals surface area contributed by atoms with Crippen LogP contribution in [0, 0.1) is 0 Å². The third-order valence-corrected chi connectivity index (χ3v) is 2.76. The Labute approximate surface area is 66.5 Å². The van der Waals surface area contributed by atoms with E-state index in [9.17, 15) is 0 Å². The average molecular weight is 158 g/mol. The molecule has 1 rings (SSSR count). The van der Waals surface area contributed by atoms with Crippen LogP contribution in [0.5, 0.6) is 0 Å². The maximum Gasteiger partial charge on any atom is 0.156 e. The van der Waals surface area contributed by atoms with E-state index in [4.69, 9.17) is 0 Å². The molecule has 0 saturated heterocycles. The van der Waals surface area contributed by atoms with Gasteiger partial charge in [-0.3, -0.25) is 4.99 Å². The molecule has 0 saturated carbocycles. The number of thioether (sulfide) groups is 1.